The van der Waals surface area contributed by atoms with E-state index in [-0.39, 0.29) is 17.6 Å². The highest BCUT2D eigenvalue weighted by Gasteiger charge is 2.29. The molecule has 0 spiro atoms. The van der Waals surface area contributed by atoms with E-state index in [9.17, 15) is 0 Å². The van der Waals surface area contributed by atoms with Gasteiger partial charge in [-0.25, -0.2) is 0 Å². The van der Waals surface area contributed by atoms with Gasteiger partial charge in [0, 0.05) is 13.1 Å². The van der Waals surface area contributed by atoms with Crippen molar-refractivity contribution in [2.24, 2.45) is 0 Å². The molecule has 2 rings (SSSR count). The molecule has 1 fully saturated rings. The first-order chi connectivity index (χ1) is 8.00. The number of ether oxygens (including phenoxy) is 2. The van der Waals surface area contributed by atoms with Crippen molar-refractivity contribution in [1.29, 1.82) is 0 Å². The Labute approximate surface area is 100.0 Å². The van der Waals surface area contributed by atoms with E-state index in [0.29, 0.717) is 19.1 Å². The quantitative estimate of drug-likeness (QED) is 0.781. The number of nitrogens with two attached hydrogens (primary N) is 1. The van der Waals surface area contributed by atoms with Crippen molar-refractivity contribution in [2.45, 2.75) is 19.4 Å². The van der Waals surface area contributed by atoms with Gasteiger partial charge in [-0.2, -0.15) is 15.0 Å². The molecular formula is C10H17N5O2. The Bertz CT molecular complexity index is 410. The van der Waals surface area contributed by atoms with E-state index in [1.54, 1.807) is 0 Å². The van der Waals surface area contributed by atoms with Crippen LogP contribution in [0.4, 0.5) is 11.9 Å². The second kappa shape index (κ2) is 4.33. The molecule has 7 heteroatoms. The molecule has 0 radical (unpaired) electrons. The molecule has 0 bridgehead atoms. The molecule has 1 saturated heterocycles. The second-order valence-electron chi connectivity index (χ2n) is 4.51. The highest BCUT2D eigenvalue weighted by Crippen LogP contribution is 2.21. The Morgan fingerprint density at radius 2 is 2.12 bits per heavy atom. The van der Waals surface area contributed by atoms with Gasteiger partial charge in [0.1, 0.15) is 0 Å². The Hall–Kier alpha value is -1.63. The minimum Gasteiger partial charge on any atom is -0.467 e. The largest absolute Gasteiger partial charge is 0.467 e. The summed E-state index contributed by atoms with van der Waals surface area (Å²) in [6, 6.07) is 0.233. The van der Waals surface area contributed by atoms with E-state index in [4.69, 9.17) is 15.2 Å². The molecule has 0 aromatic carbocycles. The van der Waals surface area contributed by atoms with Gasteiger partial charge in [0.05, 0.1) is 19.3 Å². The van der Waals surface area contributed by atoms with Gasteiger partial charge >= 0.3 is 6.01 Å². The molecule has 0 unspecified atom stereocenters. The third-order valence-electron chi connectivity index (χ3n) is 2.51. The van der Waals surface area contributed by atoms with Crippen molar-refractivity contribution >= 4 is 11.9 Å². The molecule has 1 aromatic rings. The summed E-state index contributed by atoms with van der Waals surface area (Å²) in [6.45, 7) is 6.14. The fourth-order valence-corrected chi connectivity index (χ4v) is 1.78. The van der Waals surface area contributed by atoms with E-state index in [2.05, 4.69) is 15.0 Å². The molecule has 2 heterocycles. The maximum atomic E-state index is 5.63. The Kier molecular flexibility index (Phi) is 3.01. The SMILES string of the molecule is COc1nc(N)nc(N2CCOC(C)(C)C2)n1. The number of rotatable bonds is 2. The summed E-state index contributed by atoms with van der Waals surface area (Å²) in [7, 11) is 1.50. The lowest BCUT2D eigenvalue weighted by atomic mass is 10.1. The third-order valence-corrected chi connectivity index (χ3v) is 2.51. The Morgan fingerprint density at radius 3 is 2.76 bits per heavy atom. The predicted octanol–water partition coefficient (Wildman–Crippen LogP) is 0.0776. The van der Waals surface area contributed by atoms with Crippen LogP contribution in [0.3, 0.4) is 0 Å². The van der Waals surface area contributed by atoms with Gasteiger partial charge in [-0.3, -0.25) is 0 Å². The van der Waals surface area contributed by atoms with Crippen molar-refractivity contribution in [3.63, 3.8) is 0 Å². The van der Waals surface area contributed by atoms with Crippen LogP contribution in [0.5, 0.6) is 6.01 Å². The summed E-state index contributed by atoms with van der Waals surface area (Å²) in [4.78, 5) is 14.2. The van der Waals surface area contributed by atoms with Crippen LogP contribution in [0.15, 0.2) is 0 Å². The Balaban J connectivity index is 2.24. The first-order valence-corrected chi connectivity index (χ1v) is 5.45. The zero-order chi connectivity index (χ0) is 12.5. The summed E-state index contributed by atoms with van der Waals surface area (Å²) >= 11 is 0. The topological polar surface area (TPSA) is 86.4 Å². The summed E-state index contributed by atoms with van der Waals surface area (Å²) < 4.78 is 10.6. The van der Waals surface area contributed by atoms with Gasteiger partial charge < -0.3 is 20.1 Å². The summed E-state index contributed by atoms with van der Waals surface area (Å²) in [5, 5.41) is 0. The molecule has 17 heavy (non-hydrogen) atoms. The second-order valence-corrected chi connectivity index (χ2v) is 4.51. The Morgan fingerprint density at radius 1 is 1.35 bits per heavy atom. The van der Waals surface area contributed by atoms with Crippen molar-refractivity contribution in [3.05, 3.63) is 0 Å². The van der Waals surface area contributed by atoms with Crippen molar-refractivity contribution < 1.29 is 9.47 Å². The minimum atomic E-state index is -0.215. The zero-order valence-corrected chi connectivity index (χ0v) is 10.3. The summed E-state index contributed by atoms with van der Waals surface area (Å²) in [5.41, 5.74) is 5.39. The van der Waals surface area contributed by atoms with Crippen molar-refractivity contribution in [1.82, 2.24) is 15.0 Å². The average Bonchev–Trinajstić information content (AvgIpc) is 2.27. The van der Waals surface area contributed by atoms with Crippen molar-refractivity contribution in [3.8, 4) is 6.01 Å². The molecule has 0 saturated carbocycles. The van der Waals surface area contributed by atoms with Crippen LogP contribution >= 0.6 is 0 Å². The third kappa shape index (κ3) is 2.73. The van der Waals surface area contributed by atoms with Crippen molar-refractivity contribution in [2.75, 3.05) is 37.4 Å². The molecule has 1 aliphatic rings. The lowest BCUT2D eigenvalue weighted by molar-refractivity contribution is -0.0281. The highest BCUT2D eigenvalue weighted by molar-refractivity contribution is 5.36. The first-order valence-electron chi connectivity index (χ1n) is 5.45. The van der Waals surface area contributed by atoms with Crippen LogP contribution in [-0.4, -0.2) is 47.4 Å². The molecule has 94 valence electrons. The smallest absolute Gasteiger partial charge is 0.322 e. The van der Waals surface area contributed by atoms with Crippen LogP contribution in [-0.2, 0) is 4.74 Å². The van der Waals surface area contributed by atoms with E-state index in [0.717, 1.165) is 6.54 Å². The van der Waals surface area contributed by atoms with Gasteiger partial charge in [0.2, 0.25) is 11.9 Å². The normalized spacial score (nSPS) is 19.1. The number of nitrogens with zero attached hydrogens (tertiary/aromatic N) is 4. The summed E-state index contributed by atoms with van der Waals surface area (Å²) in [6.07, 6.45) is 0. The van der Waals surface area contributed by atoms with Crippen LogP contribution < -0.4 is 15.4 Å². The van der Waals surface area contributed by atoms with Crippen LogP contribution in [0.1, 0.15) is 13.8 Å². The molecule has 7 nitrogen and oxygen atoms in total. The summed E-state index contributed by atoms with van der Waals surface area (Å²) in [5.74, 6) is 0.696. The molecule has 1 aromatic heterocycles. The van der Waals surface area contributed by atoms with Gasteiger partial charge in [0.15, 0.2) is 0 Å². The van der Waals surface area contributed by atoms with Gasteiger partial charge in [0.25, 0.3) is 0 Å². The van der Waals surface area contributed by atoms with Crippen LogP contribution in [0, 0.1) is 0 Å². The lowest BCUT2D eigenvalue weighted by Crippen LogP contribution is -2.49. The van der Waals surface area contributed by atoms with Gasteiger partial charge in [-0.15, -0.1) is 0 Å². The van der Waals surface area contributed by atoms with Crippen LogP contribution in [0.25, 0.3) is 0 Å². The molecular weight excluding hydrogens is 222 g/mol. The number of anilines is 2. The number of hydrogen-bond donors (Lipinski definition) is 1. The fraction of sp³-hybridized carbons (Fsp3) is 0.700. The molecule has 1 aliphatic heterocycles. The molecule has 0 amide bonds. The zero-order valence-electron chi connectivity index (χ0n) is 10.3. The predicted molar refractivity (Wildman–Crippen MR) is 63.0 cm³/mol. The minimum absolute atomic E-state index is 0.163. The van der Waals surface area contributed by atoms with E-state index >= 15 is 0 Å². The van der Waals surface area contributed by atoms with Gasteiger partial charge in [-0.1, -0.05) is 0 Å². The number of hydrogen-bond acceptors (Lipinski definition) is 7. The number of morpholine rings is 1. The number of aromatic nitrogens is 3. The van der Waals surface area contributed by atoms with Gasteiger partial charge in [-0.05, 0) is 13.8 Å². The molecule has 0 atom stereocenters. The maximum Gasteiger partial charge on any atom is 0.322 e. The molecule has 2 N–H and O–H groups in total. The van der Waals surface area contributed by atoms with Crippen LogP contribution in [0.2, 0.25) is 0 Å². The maximum absolute atomic E-state index is 5.63. The lowest BCUT2D eigenvalue weighted by Gasteiger charge is -2.38. The highest BCUT2D eigenvalue weighted by atomic mass is 16.5. The monoisotopic (exact) mass is 239 g/mol. The standard InChI is InChI=1S/C10H17N5O2/c1-10(2)6-15(4-5-17-10)8-12-7(11)13-9(14-8)16-3/h4-6H2,1-3H3,(H2,11,12,13,14). The molecule has 0 aliphatic carbocycles. The van der Waals surface area contributed by atoms with E-state index < -0.39 is 0 Å². The average molecular weight is 239 g/mol. The first kappa shape index (κ1) is 11.8. The van der Waals surface area contributed by atoms with E-state index in [1.807, 2.05) is 18.7 Å². The van der Waals surface area contributed by atoms with E-state index in [1.165, 1.54) is 7.11 Å². The number of nitrogen functional groups attached to an aromatic ring is 1. The fourth-order valence-electron chi connectivity index (χ4n) is 1.78. The number of methoxy groups -OCH3 is 1.